The van der Waals surface area contributed by atoms with Crippen LogP contribution in [0.25, 0.3) is 6.08 Å². The summed E-state index contributed by atoms with van der Waals surface area (Å²) in [5.74, 6) is 0.223. The summed E-state index contributed by atoms with van der Waals surface area (Å²) in [4.78, 5) is 12.8. The summed E-state index contributed by atoms with van der Waals surface area (Å²) >= 11 is 6.04. The molecule has 1 aliphatic rings. The Balaban J connectivity index is 1.96. The van der Waals surface area contributed by atoms with E-state index >= 15 is 0 Å². The number of halogens is 1. The molecule has 0 aromatic heterocycles. The first-order valence-electron chi connectivity index (χ1n) is 7.79. The molecular formula is C18H16ClN3O4S. The van der Waals surface area contributed by atoms with E-state index in [2.05, 4.69) is 5.10 Å². The van der Waals surface area contributed by atoms with Crippen LogP contribution < -0.4 is 14.9 Å². The van der Waals surface area contributed by atoms with Crippen molar-refractivity contribution >= 4 is 45.0 Å². The summed E-state index contributed by atoms with van der Waals surface area (Å²) in [5, 5.41) is 11.1. The number of sulfonamides is 1. The largest absolute Gasteiger partial charge is 0.496 e. The lowest BCUT2D eigenvalue weighted by Crippen LogP contribution is -2.21. The number of carbonyl (C=O) groups is 1. The summed E-state index contributed by atoms with van der Waals surface area (Å²) in [5.41, 5.74) is 1.96. The minimum Gasteiger partial charge on any atom is -0.496 e. The highest BCUT2D eigenvalue weighted by Gasteiger charge is 2.29. The monoisotopic (exact) mass is 405 g/mol. The second-order valence-electron chi connectivity index (χ2n) is 5.79. The molecule has 0 spiro atoms. The Morgan fingerprint density at radius 1 is 1.19 bits per heavy atom. The fourth-order valence-electron chi connectivity index (χ4n) is 2.61. The predicted molar refractivity (Wildman–Crippen MR) is 104 cm³/mol. The van der Waals surface area contributed by atoms with Crippen molar-refractivity contribution in [2.24, 2.45) is 10.2 Å². The molecule has 0 bridgehead atoms. The Morgan fingerprint density at radius 3 is 2.44 bits per heavy atom. The van der Waals surface area contributed by atoms with Crippen LogP contribution in [-0.4, -0.2) is 27.1 Å². The van der Waals surface area contributed by atoms with Crippen LogP contribution in [-0.2, 0) is 14.8 Å². The van der Waals surface area contributed by atoms with Crippen LogP contribution in [0.15, 0.2) is 58.0 Å². The van der Waals surface area contributed by atoms with Gasteiger partial charge in [-0.15, -0.1) is 0 Å². The Labute approximate surface area is 161 Å². The van der Waals surface area contributed by atoms with Crippen molar-refractivity contribution in [1.82, 2.24) is 0 Å². The smallest absolute Gasteiger partial charge is 0.280 e. The molecule has 140 valence electrons. The van der Waals surface area contributed by atoms with Crippen LogP contribution in [0, 0.1) is 0 Å². The van der Waals surface area contributed by atoms with E-state index < -0.39 is 10.0 Å². The maximum absolute atomic E-state index is 12.8. The number of primary sulfonamides is 1. The first-order valence-corrected chi connectivity index (χ1v) is 9.71. The fraction of sp³-hybridized carbons (Fsp3) is 0.111. The highest BCUT2D eigenvalue weighted by Crippen LogP contribution is 2.29. The summed E-state index contributed by atoms with van der Waals surface area (Å²) in [7, 11) is -2.28. The van der Waals surface area contributed by atoms with Gasteiger partial charge in [0.05, 0.1) is 29.0 Å². The van der Waals surface area contributed by atoms with Crippen LogP contribution in [0.2, 0.25) is 5.02 Å². The molecule has 0 atom stereocenters. The van der Waals surface area contributed by atoms with Crippen molar-refractivity contribution < 1.29 is 17.9 Å². The molecule has 0 fully saturated rings. The molecule has 1 aliphatic heterocycles. The van der Waals surface area contributed by atoms with Gasteiger partial charge in [-0.05, 0) is 55.5 Å². The maximum atomic E-state index is 12.8. The Bertz CT molecular complexity index is 1080. The topological polar surface area (TPSA) is 102 Å². The number of nitrogens with two attached hydrogens (primary N) is 1. The molecule has 0 unspecified atom stereocenters. The molecule has 2 aromatic rings. The molecule has 27 heavy (non-hydrogen) atoms. The summed E-state index contributed by atoms with van der Waals surface area (Å²) in [6.07, 6.45) is 1.66. The normalized spacial score (nSPS) is 16.0. The number of carbonyl (C=O) groups excluding carboxylic acids is 1. The lowest BCUT2D eigenvalue weighted by molar-refractivity contribution is -0.114. The standard InChI is InChI=1S/C18H16ClN3O4S/c1-11-16(10-12-9-13(19)3-8-17(12)26-2)18(23)22(21-11)14-4-6-15(7-5-14)27(20,24)25/h3-10H,1-2H3,(H2,20,24,25). The van der Waals surface area contributed by atoms with Crippen molar-refractivity contribution in [2.45, 2.75) is 11.8 Å². The van der Waals surface area contributed by atoms with E-state index in [0.717, 1.165) is 0 Å². The second-order valence-corrected chi connectivity index (χ2v) is 7.78. The predicted octanol–water partition coefficient (Wildman–Crippen LogP) is 2.80. The van der Waals surface area contributed by atoms with Gasteiger partial charge in [0.25, 0.3) is 5.91 Å². The van der Waals surface area contributed by atoms with Crippen molar-refractivity contribution in [1.29, 1.82) is 0 Å². The van der Waals surface area contributed by atoms with Crippen LogP contribution in [0.4, 0.5) is 5.69 Å². The maximum Gasteiger partial charge on any atom is 0.280 e. The van der Waals surface area contributed by atoms with Gasteiger partial charge >= 0.3 is 0 Å². The summed E-state index contributed by atoms with van der Waals surface area (Å²) < 4.78 is 28.0. The number of nitrogens with zero attached hydrogens (tertiary/aromatic N) is 2. The molecule has 2 aromatic carbocycles. The van der Waals surface area contributed by atoms with E-state index in [1.54, 1.807) is 31.2 Å². The van der Waals surface area contributed by atoms with Crippen molar-refractivity contribution in [2.75, 3.05) is 12.1 Å². The minimum atomic E-state index is -3.81. The van der Waals surface area contributed by atoms with E-state index in [0.29, 0.717) is 33.3 Å². The van der Waals surface area contributed by atoms with E-state index in [9.17, 15) is 13.2 Å². The average Bonchev–Trinajstić information content (AvgIpc) is 2.89. The number of rotatable bonds is 4. The number of amides is 1. The summed E-state index contributed by atoms with van der Waals surface area (Å²) in [6.45, 7) is 1.71. The third-order valence-electron chi connectivity index (χ3n) is 3.96. The van der Waals surface area contributed by atoms with E-state index in [-0.39, 0.29) is 10.8 Å². The third kappa shape index (κ3) is 3.87. The van der Waals surface area contributed by atoms with Crippen LogP contribution in [0.3, 0.4) is 0 Å². The molecule has 1 heterocycles. The molecule has 0 radical (unpaired) electrons. The van der Waals surface area contributed by atoms with Gasteiger partial charge in [-0.25, -0.2) is 13.6 Å². The molecule has 3 rings (SSSR count). The molecule has 7 nitrogen and oxygen atoms in total. The van der Waals surface area contributed by atoms with Gasteiger partial charge in [-0.2, -0.15) is 10.1 Å². The van der Waals surface area contributed by atoms with Gasteiger partial charge in [0.15, 0.2) is 0 Å². The average molecular weight is 406 g/mol. The zero-order valence-corrected chi connectivity index (χ0v) is 16.1. The number of hydrazone groups is 1. The van der Waals surface area contributed by atoms with Gasteiger partial charge in [-0.3, -0.25) is 4.79 Å². The van der Waals surface area contributed by atoms with E-state index in [4.69, 9.17) is 21.5 Å². The first kappa shape index (κ1) is 19.1. The number of anilines is 1. The number of benzene rings is 2. The Morgan fingerprint density at radius 2 is 1.85 bits per heavy atom. The lowest BCUT2D eigenvalue weighted by atomic mass is 10.1. The van der Waals surface area contributed by atoms with Gasteiger partial charge in [0.1, 0.15) is 5.75 Å². The molecule has 0 saturated heterocycles. The molecule has 2 N–H and O–H groups in total. The number of ether oxygens (including phenoxy) is 1. The quantitative estimate of drug-likeness (QED) is 0.790. The molecule has 9 heteroatoms. The number of hydrogen-bond donors (Lipinski definition) is 1. The fourth-order valence-corrected chi connectivity index (χ4v) is 3.31. The molecule has 0 saturated carbocycles. The van der Waals surface area contributed by atoms with Gasteiger partial charge in [-0.1, -0.05) is 11.6 Å². The van der Waals surface area contributed by atoms with E-state index in [1.165, 1.54) is 36.4 Å². The number of methoxy groups -OCH3 is 1. The minimum absolute atomic E-state index is 0.0435. The van der Waals surface area contributed by atoms with Crippen LogP contribution in [0.1, 0.15) is 12.5 Å². The highest BCUT2D eigenvalue weighted by atomic mass is 35.5. The lowest BCUT2D eigenvalue weighted by Gasteiger charge is -2.12. The molecule has 0 aliphatic carbocycles. The summed E-state index contributed by atoms with van der Waals surface area (Å²) in [6, 6.07) is 10.7. The van der Waals surface area contributed by atoms with Crippen LogP contribution in [0.5, 0.6) is 5.75 Å². The number of hydrogen-bond acceptors (Lipinski definition) is 5. The zero-order chi connectivity index (χ0) is 19.8. The Hall–Kier alpha value is -2.68. The first-order chi connectivity index (χ1) is 12.7. The van der Waals surface area contributed by atoms with Crippen molar-refractivity contribution in [3.8, 4) is 5.75 Å². The zero-order valence-electron chi connectivity index (χ0n) is 14.5. The van der Waals surface area contributed by atoms with Gasteiger partial charge in [0, 0.05) is 10.6 Å². The SMILES string of the molecule is COc1ccc(Cl)cc1C=C1C(=O)N(c2ccc(S(N)(=O)=O)cc2)N=C1C. The third-order valence-corrected chi connectivity index (χ3v) is 5.13. The van der Waals surface area contributed by atoms with E-state index in [1.807, 2.05) is 0 Å². The highest BCUT2D eigenvalue weighted by molar-refractivity contribution is 7.89. The van der Waals surface area contributed by atoms with Crippen LogP contribution >= 0.6 is 11.6 Å². The van der Waals surface area contributed by atoms with Gasteiger partial charge < -0.3 is 4.74 Å². The molecular weight excluding hydrogens is 390 g/mol. The Kier molecular flexibility index (Phi) is 5.05. The second kappa shape index (κ2) is 7.15. The van der Waals surface area contributed by atoms with Crippen molar-refractivity contribution in [3.63, 3.8) is 0 Å². The van der Waals surface area contributed by atoms with Gasteiger partial charge in [0.2, 0.25) is 10.0 Å². The molecule has 1 amide bonds. The van der Waals surface area contributed by atoms with Crippen molar-refractivity contribution in [3.05, 3.63) is 58.6 Å².